The van der Waals surface area contributed by atoms with Crippen molar-refractivity contribution in [1.82, 2.24) is 4.98 Å². The van der Waals surface area contributed by atoms with Gasteiger partial charge in [-0.2, -0.15) is 0 Å². The van der Waals surface area contributed by atoms with Crippen LogP contribution in [0.4, 0.5) is 9.80 Å². The van der Waals surface area contributed by atoms with E-state index in [0.29, 0.717) is 0 Å². The van der Waals surface area contributed by atoms with Gasteiger partial charge in [0.1, 0.15) is 5.60 Å². The number of anilines is 1. The molecular formula is C14H16N2O2S. The fourth-order valence-electron chi connectivity index (χ4n) is 1.46. The van der Waals surface area contributed by atoms with E-state index >= 15 is 0 Å². The van der Waals surface area contributed by atoms with Crippen LogP contribution in [-0.4, -0.2) is 16.7 Å². The number of aromatic nitrogens is 1. The molecule has 0 saturated carbocycles. The molecule has 0 fully saturated rings. The number of pyridine rings is 1. The van der Waals surface area contributed by atoms with Gasteiger partial charge in [-0.15, -0.1) is 11.3 Å². The molecule has 0 aliphatic carbocycles. The molecule has 0 bridgehead atoms. The Morgan fingerprint density at radius 2 is 2.05 bits per heavy atom. The van der Waals surface area contributed by atoms with Crippen LogP contribution in [0.2, 0.25) is 0 Å². The van der Waals surface area contributed by atoms with Crippen molar-refractivity contribution in [1.29, 1.82) is 0 Å². The Bertz CT molecular complexity index is 558. The molecule has 5 heteroatoms. The molecule has 2 aromatic heterocycles. The Kier molecular flexibility index (Phi) is 3.85. The quantitative estimate of drug-likeness (QED) is 0.896. The average molecular weight is 276 g/mol. The number of carbonyl (C=O) groups is 1. The van der Waals surface area contributed by atoms with Gasteiger partial charge in [0.25, 0.3) is 0 Å². The molecule has 2 rings (SSSR count). The van der Waals surface area contributed by atoms with Crippen molar-refractivity contribution >= 4 is 22.4 Å². The van der Waals surface area contributed by atoms with Crippen molar-refractivity contribution in [3.8, 4) is 10.6 Å². The van der Waals surface area contributed by atoms with E-state index in [9.17, 15) is 4.79 Å². The number of ether oxygens (including phenoxy) is 1. The summed E-state index contributed by atoms with van der Waals surface area (Å²) in [6.45, 7) is 5.50. The predicted molar refractivity (Wildman–Crippen MR) is 77.4 cm³/mol. The van der Waals surface area contributed by atoms with E-state index in [-0.39, 0.29) is 0 Å². The monoisotopic (exact) mass is 276 g/mol. The maximum atomic E-state index is 11.6. The van der Waals surface area contributed by atoms with Crippen molar-refractivity contribution < 1.29 is 9.53 Å². The minimum atomic E-state index is -0.495. The molecule has 0 aromatic carbocycles. The Hall–Kier alpha value is -1.88. The SMILES string of the molecule is CC(C)(C)OC(=O)Nc1ccc(-c2ccccn2)s1. The number of thiophene rings is 1. The van der Waals surface area contributed by atoms with E-state index in [1.54, 1.807) is 6.20 Å². The molecule has 19 heavy (non-hydrogen) atoms. The maximum Gasteiger partial charge on any atom is 0.412 e. The molecular weight excluding hydrogens is 260 g/mol. The van der Waals surface area contributed by atoms with Crippen molar-refractivity contribution in [2.24, 2.45) is 0 Å². The van der Waals surface area contributed by atoms with E-state index in [2.05, 4.69) is 10.3 Å². The molecule has 100 valence electrons. The van der Waals surface area contributed by atoms with Gasteiger partial charge in [0.15, 0.2) is 0 Å². The fourth-order valence-corrected chi connectivity index (χ4v) is 2.32. The van der Waals surface area contributed by atoms with Crippen LogP contribution in [0.15, 0.2) is 36.5 Å². The summed E-state index contributed by atoms with van der Waals surface area (Å²) in [5.74, 6) is 0. The summed E-state index contributed by atoms with van der Waals surface area (Å²) in [4.78, 5) is 16.9. The molecule has 0 unspecified atom stereocenters. The lowest BCUT2D eigenvalue weighted by molar-refractivity contribution is 0.0636. The minimum absolute atomic E-state index is 0.443. The zero-order valence-electron chi connectivity index (χ0n) is 11.1. The van der Waals surface area contributed by atoms with Crippen LogP contribution in [0.1, 0.15) is 20.8 Å². The predicted octanol–water partition coefficient (Wildman–Crippen LogP) is 4.16. The zero-order valence-corrected chi connectivity index (χ0v) is 12.0. The molecule has 0 spiro atoms. The van der Waals surface area contributed by atoms with E-state index in [0.717, 1.165) is 15.6 Å². The first-order valence-electron chi connectivity index (χ1n) is 5.95. The van der Waals surface area contributed by atoms with Crippen LogP contribution < -0.4 is 5.32 Å². The Labute approximate surface area is 116 Å². The number of amides is 1. The zero-order chi connectivity index (χ0) is 13.9. The molecule has 4 nitrogen and oxygen atoms in total. The van der Waals surface area contributed by atoms with Gasteiger partial charge in [-0.05, 0) is 45.0 Å². The van der Waals surface area contributed by atoms with E-state index in [1.165, 1.54) is 11.3 Å². The van der Waals surface area contributed by atoms with Crippen molar-refractivity contribution in [2.45, 2.75) is 26.4 Å². The first kappa shape index (κ1) is 13.5. The van der Waals surface area contributed by atoms with Crippen molar-refractivity contribution in [3.63, 3.8) is 0 Å². The maximum absolute atomic E-state index is 11.6. The van der Waals surface area contributed by atoms with Crippen molar-refractivity contribution in [2.75, 3.05) is 5.32 Å². The molecule has 0 aliphatic rings. The topological polar surface area (TPSA) is 51.2 Å². The Balaban J connectivity index is 2.04. The van der Waals surface area contributed by atoms with Crippen LogP contribution in [-0.2, 0) is 4.74 Å². The van der Waals surface area contributed by atoms with Crippen LogP contribution in [0.25, 0.3) is 10.6 Å². The van der Waals surface area contributed by atoms with Gasteiger partial charge in [-0.3, -0.25) is 10.3 Å². The third-order valence-electron chi connectivity index (χ3n) is 2.15. The summed E-state index contributed by atoms with van der Waals surface area (Å²) in [6.07, 6.45) is 1.30. The van der Waals surface area contributed by atoms with Crippen LogP contribution in [0.3, 0.4) is 0 Å². The normalized spacial score (nSPS) is 11.1. The number of nitrogens with one attached hydrogen (secondary N) is 1. The molecule has 2 aromatic rings. The minimum Gasteiger partial charge on any atom is -0.444 e. The summed E-state index contributed by atoms with van der Waals surface area (Å²) < 4.78 is 5.20. The van der Waals surface area contributed by atoms with Gasteiger partial charge < -0.3 is 4.74 Å². The van der Waals surface area contributed by atoms with E-state index in [1.807, 2.05) is 51.1 Å². The van der Waals surface area contributed by atoms with Gasteiger partial charge in [0.2, 0.25) is 0 Å². The second-order valence-corrected chi connectivity index (χ2v) is 6.09. The number of nitrogens with zero attached hydrogens (tertiary/aromatic N) is 1. The molecule has 2 heterocycles. The fraction of sp³-hybridized carbons (Fsp3) is 0.286. The lowest BCUT2D eigenvalue weighted by Crippen LogP contribution is -2.26. The lowest BCUT2D eigenvalue weighted by atomic mass is 10.2. The number of carbonyl (C=O) groups excluding carboxylic acids is 1. The van der Waals surface area contributed by atoms with Crippen molar-refractivity contribution in [3.05, 3.63) is 36.5 Å². The number of rotatable bonds is 2. The summed E-state index contributed by atoms with van der Waals surface area (Å²) in [6, 6.07) is 9.52. The standard InChI is InChI=1S/C14H16N2O2S/c1-14(2,3)18-13(17)16-12-8-7-11(19-12)10-6-4-5-9-15-10/h4-9H,1-3H3,(H,16,17). The highest BCUT2D eigenvalue weighted by molar-refractivity contribution is 7.19. The largest absolute Gasteiger partial charge is 0.444 e. The van der Waals surface area contributed by atoms with Crippen LogP contribution in [0.5, 0.6) is 0 Å². The molecule has 0 aliphatic heterocycles. The van der Waals surface area contributed by atoms with Gasteiger partial charge in [-0.1, -0.05) is 6.07 Å². The van der Waals surface area contributed by atoms with Gasteiger partial charge in [0, 0.05) is 6.20 Å². The van der Waals surface area contributed by atoms with E-state index < -0.39 is 11.7 Å². The summed E-state index contributed by atoms with van der Waals surface area (Å²) in [5.41, 5.74) is 0.398. The molecule has 1 N–H and O–H groups in total. The van der Waals surface area contributed by atoms with E-state index in [4.69, 9.17) is 4.74 Å². The molecule has 0 radical (unpaired) electrons. The first-order chi connectivity index (χ1) is 8.94. The molecule has 0 saturated heterocycles. The lowest BCUT2D eigenvalue weighted by Gasteiger charge is -2.19. The number of hydrogen-bond donors (Lipinski definition) is 1. The highest BCUT2D eigenvalue weighted by atomic mass is 32.1. The second-order valence-electron chi connectivity index (χ2n) is 5.01. The number of hydrogen-bond acceptors (Lipinski definition) is 4. The average Bonchev–Trinajstić information content (AvgIpc) is 2.76. The highest BCUT2D eigenvalue weighted by Gasteiger charge is 2.16. The van der Waals surface area contributed by atoms with Gasteiger partial charge in [-0.25, -0.2) is 4.79 Å². The van der Waals surface area contributed by atoms with Gasteiger partial charge in [0.05, 0.1) is 15.6 Å². The summed E-state index contributed by atoms with van der Waals surface area (Å²) >= 11 is 1.47. The van der Waals surface area contributed by atoms with Gasteiger partial charge >= 0.3 is 6.09 Å². The smallest absolute Gasteiger partial charge is 0.412 e. The van der Waals surface area contributed by atoms with Crippen LogP contribution >= 0.6 is 11.3 Å². The first-order valence-corrected chi connectivity index (χ1v) is 6.77. The second kappa shape index (κ2) is 5.40. The summed E-state index contributed by atoms with van der Waals surface area (Å²) in [7, 11) is 0. The Morgan fingerprint density at radius 3 is 2.68 bits per heavy atom. The third kappa shape index (κ3) is 4.06. The molecule has 1 amide bonds. The highest BCUT2D eigenvalue weighted by Crippen LogP contribution is 2.30. The Morgan fingerprint density at radius 1 is 1.26 bits per heavy atom. The van der Waals surface area contributed by atoms with Crippen LogP contribution in [0, 0.1) is 0 Å². The molecule has 0 atom stereocenters. The summed E-state index contributed by atoms with van der Waals surface area (Å²) in [5, 5.41) is 3.46. The third-order valence-corrected chi connectivity index (χ3v) is 3.17.